The Hall–Kier alpha value is -3.99. The van der Waals surface area contributed by atoms with Crippen molar-refractivity contribution in [1.82, 2.24) is 10.2 Å². The number of rotatable bonds is 5. The Morgan fingerprint density at radius 2 is 1.77 bits per heavy atom. The van der Waals surface area contributed by atoms with Crippen molar-refractivity contribution in [2.75, 3.05) is 31.2 Å². The minimum absolute atomic E-state index is 0.0832. The van der Waals surface area contributed by atoms with Crippen LogP contribution < -0.4 is 10.2 Å². The number of fused-ring (bicyclic) bond motifs is 2. The Kier molecular flexibility index (Phi) is 8.57. The number of aliphatic hydroxyl groups is 1. The Morgan fingerprint density at radius 3 is 2.55 bits per heavy atom. The molecular weight excluding hydrogens is 586 g/mol. The summed E-state index contributed by atoms with van der Waals surface area (Å²) in [6, 6.07) is 14.3. The SMILES string of the molecule is O=C1CC/C=C\CN(c2ccccc2Cl)C(=O)[C@H]2N(CCCO)C(=O)[C@@H]3[C@@H](C(=O)N[C@@H](c4ccccc4)CO1)[C@H]1C=C[C@]32O1. The normalized spacial score (nSPS) is 31.2. The molecule has 0 aliphatic carbocycles. The van der Waals surface area contributed by atoms with Gasteiger partial charge in [0.2, 0.25) is 11.8 Å². The lowest BCUT2D eigenvalue weighted by atomic mass is 9.74. The number of ether oxygens (including phenoxy) is 2. The Labute approximate surface area is 260 Å². The Balaban J connectivity index is 1.43. The summed E-state index contributed by atoms with van der Waals surface area (Å²) in [4.78, 5) is 58.5. The molecule has 2 aromatic rings. The number of carbonyl (C=O) groups excluding carboxylic acids is 4. The van der Waals surface area contributed by atoms with Crippen LogP contribution in [0.5, 0.6) is 0 Å². The highest BCUT2D eigenvalue weighted by atomic mass is 35.5. The first-order valence-corrected chi connectivity index (χ1v) is 15.2. The molecule has 2 saturated heterocycles. The van der Waals surface area contributed by atoms with Crippen LogP contribution in [0.25, 0.3) is 0 Å². The largest absolute Gasteiger partial charge is 0.463 e. The van der Waals surface area contributed by atoms with Crippen LogP contribution in [-0.4, -0.2) is 77.7 Å². The number of amides is 3. The number of carbonyl (C=O) groups is 4. The van der Waals surface area contributed by atoms with Crippen molar-refractivity contribution in [2.24, 2.45) is 11.8 Å². The third kappa shape index (κ3) is 5.31. The van der Waals surface area contributed by atoms with E-state index in [0.717, 1.165) is 5.56 Å². The van der Waals surface area contributed by atoms with Crippen LogP contribution in [0.15, 0.2) is 78.9 Å². The summed E-state index contributed by atoms with van der Waals surface area (Å²) in [5.41, 5.74) is -0.194. The zero-order valence-electron chi connectivity index (χ0n) is 24.0. The summed E-state index contributed by atoms with van der Waals surface area (Å²) in [6.45, 7) is -0.0424. The van der Waals surface area contributed by atoms with Crippen LogP contribution >= 0.6 is 11.6 Å². The van der Waals surface area contributed by atoms with E-state index in [1.807, 2.05) is 30.3 Å². The summed E-state index contributed by atoms with van der Waals surface area (Å²) >= 11 is 6.57. The molecule has 6 atom stereocenters. The summed E-state index contributed by atoms with van der Waals surface area (Å²) < 4.78 is 12.0. The smallest absolute Gasteiger partial charge is 0.306 e. The van der Waals surface area contributed by atoms with Gasteiger partial charge in [-0.2, -0.15) is 0 Å². The van der Waals surface area contributed by atoms with Gasteiger partial charge in [0.15, 0.2) is 0 Å². The van der Waals surface area contributed by atoms with Crippen LogP contribution in [0, 0.1) is 11.8 Å². The zero-order valence-corrected chi connectivity index (χ0v) is 24.8. The molecule has 2 fully saturated rings. The highest BCUT2D eigenvalue weighted by molar-refractivity contribution is 6.34. The second-order valence-electron chi connectivity index (χ2n) is 11.4. The topological polar surface area (TPSA) is 125 Å². The quantitative estimate of drug-likeness (QED) is 0.389. The second kappa shape index (κ2) is 12.6. The number of cyclic esters (lactones) is 1. The monoisotopic (exact) mass is 619 g/mol. The second-order valence-corrected chi connectivity index (χ2v) is 11.8. The van der Waals surface area contributed by atoms with Gasteiger partial charge in [-0.25, -0.2) is 0 Å². The first-order chi connectivity index (χ1) is 21.4. The number of nitrogens with one attached hydrogen (secondary N) is 1. The summed E-state index contributed by atoms with van der Waals surface area (Å²) in [6.07, 6.45) is 7.07. The van der Waals surface area contributed by atoms with Gasteiger partial charge in [0, 0.05) is 26.1 Å². The van der Waals surface area contributed by atoms with Crippen molar-refractivity contribution < 1.29 is 33.8 Å². The zero-order chi connectivity index (χ0) is 30.8. The van der Waals surface area contributed by atoms with E-state index in [2.05, 4.69) is 5.32 Å². The lowest BCUT2D eigenvalue weighted by Crippen LogP contribution is -2.56. The number of benzene rings is 2. The van der Waals surface area contributed by atoms with Gasteiger partial charge in [0.05, 0.1) is 34.7 Å². The molecule has 230 valence electrons. The number of hydrogen-bond donors (Lipinski definition) is 2. The van der Waals surface area contributed by atoms with Gasteiger partial charge < -0.3 is 29.7 Å². The summed E-state index contributed by atoms with van der Waals surface area (Å²) in [5, 5.41) is 13.0. The molecule has 4 heterocycles. The van der Waals surface area contributed by atoms with Gasteiger partial charge in [0.25, 0.3) is 5.91 Å². The average Bonchev–Trinajstić information content (AvgIpc) is 3.67. The van der Waals surface area contributed by atoms with E-state index in [-0.39, 0.29) is 45.1 Å². The maximum atomic E-state index is 14.7. The number of hydrogen-bond acceptors (Lipinski definition) is 7. The number of aliphatic hydroxyl groups excluding tert-OH is 1. The van der Waals surface area contributed by atoms with Gasteiger partial charge in [-0.15, -0.1) is 0 Å². The highest BCUT2D eigenvalue weighted by Gasteiger charge is 2.73. The molecule has 4 aliphatic rings. The molecule has 4 aliphatic heterocycles. The van der Waals surface area contributed by atoms with E-state index in [1.165, 1.54) is 9.80 Å². The maximum Gasteiger partial charge on any atom is 0.306 e. The van der Waals surface area contributed by atoms with Gasteiger partial charge >= 0.3 is 5.97 Å². The molecule has 0 aromatic heterocycles. The molecular formula is C33H34ClN3O7. The minimum Gasteiger partial charge on any atom is -0.463 e. The molecule has 44 heavy (non-hydrogen) atoms. The molecule has 10 nitrogen and oxygen atoms in total. The van der Waals surface area contributed by atoms with Crippen molar-refractivity contribution in [1.29, 1.82) is 0 Å². The van der Waals surface area contributed by atoms with E-state index in [1.54, 1.807) is 48.6 Å². The van der Waals surface area contributed by atoms with E-state index in [4.69, 9.17) is 21.1 Å². The number of allylic oxidation sites excluding steroid dienone is 1. The number of halogens is 1. The fraction of sp³-hybridized carbons (Fsp3) is 0.394. The molecule has 0 unspecified atom stereocenters. The van der Waals surface area contributed by atoms with Crippen LogP contribution in [0.4, 0.5) is 5.69 Å². The third-order valence-electron chi connectivity index (χ3n) is 8.78. The van der Waals surface area contributed by atoms with E-state index in [9.17, 15) is 24.3 Å². The molecule has 5 bridgehead atoms. The number of likely N-dealkylation sites (tertiary alicyclic amines) is 1. The predicted octanol–water partition coefficient (Wildman–Crippen LogP) is 2.96. The fourth-order valence-electron chi connectivity index (χ4n) is 6.78. The van der Waals surface area contributed by atoms with E-state index < -0.39 is 53.4 Å². The highest BCUT2D eigenvalue weighted by Crippen LogP contribution is 2.55. The number of nitrogens with zero attached hydrogens (tertiary/aromatic N) is 2. The number of esters is 1. The average molecular weight is 620 g/mol. The van der Waals surface area contributed by atoms with Crippen LogP contribution in [0.3, 0.4) is 0 Å². The molecule has 2 N–H and O–H groups in total. The predicted molar refractivity (Wildman–Crippen MR) is 161 cm³/mol. The van der Waals surface area contributed by atoms with Gasteiger partial charge in [-0.3, -0.25) is 19.2 Å². The summed E-state index contributed by atoms with van der Waals surface area (Å²) in [7, 11) is 0. The molecule has 6 rings (SSSR count). The maximum absolute atomic E-state index is 14.7. The molecule has 0 saturated carbocycles. The lowest BCUT2D eigenvalue weighted by molar-refractivity contribution is -0.145. The third-order valence-corrected chi connectivity index (χ3v) is 9.10. The van der Waals surface area contributed by atoms with Crippen molar-refractivity contribution in [2.45, 2.75) is 43.1 Å². The van der Waals surface area contributed by atoms with E-state index in [0.29, 0.717) is 17.1 Å². The number of para-hydroxylation sites is 1. The van der Waals surface area contributed by atoms with Gasteiger partial charge in [-0.05, 0) is 30.5 Å². The minimum atomic E-state index is -1.39. The van der Waals surface area contributed by atoms with Gasteiger partial charge in [-0.1, -0.05) is 78.4 Å². The Morgan fingerprint density at radius 1 is 1.00 bits per heavy atom. The fourth-order valence-corrected chi connectivity index (χ4v) is 7.01. The van der Waals surface area contributed by atoms with Crippen LogP contribution in [0.1, 0.15) is 30.9 Å². The Bertz CT molecular complexity index is 1500. The van der Waals surface area contributed by atoms with Crippen molar-refractivity contribution >= 4 is 41.0 Å². The molecule has 2 aromatic carbocycles. The molecule has 3 amide bonds. The van der Waals surface area contributed by atoms with Crippen LogP contribution in [0.2, 0.25) is 5.02 Å². The first kappa shape index (κ1) is 30.1. The van der Waals surface area contributed by atoms with Crippen molar-refractivity contribution in [3.63, 3.8) is 0 Å². The summed E-state index contributed by atoms with van der Waals surface area (Å²) in [5.74, 6) is -3.56. The number of anilines is 1. The molecule has 11 heteroatoms. The molecule has 0 radical (unpaired) electrons. The first-order valence-electron chi connectivity index (χ1n) is 14.9. The van der Waals surface area contributed by atoms with Gasteiger partial charge in [0.1, 0.15) is 18.2 Å². The van der Waals surface area contributed by atoms with Crippen molar-refractivity contribution in [3.8, 4) is 0 Å². The van der Waals surface area contributed by atoms with Crippen LogP contribution in [-0.2, 0) is 28.7 Å². The van der Waals surface area contributed by atoms with E-state index >= 15 is 0 Å². The van der Waals surface area contributed by atoms with Crippen molar-refractivity contribution in [3.05, 3.63) is 89.5 Å². The standard InChI is InChI=1S/C33H34ClN3O7/c34-22-12-6-7-13-24(22)36-17-8-2-5-14-26(39)43-20-23(21-10-3-1-4-11-21)35-30(40)27-25-15-16-33(44-25)28(27)31(41)37(18-9-19-38)29(33)32(36)42/h1-4,6-8,10-13,15-16,23,25,27-29,38H,5,9,14,17-20H2,(H,35,40)/b8-2-/t23-,25-,27+,28+,29-,33+/m1/s1. The molecule has 1 spiro atoms. The lowest BCUT2D eigenvalue weighted by Gasteiger charge is -2.36.